The highest BCUT2D eigenvalue weighted by molar-refractivity contribution is 8.45. The van der Waals surface area contributed by atoms with Crippen molar-refractivity contribution < 1.29 is 9.47 Å². The number of rotatable bonds is 0. The van der Waals surface area contributed by atoms with Crippen molar-refractivity contribution >= 4 is 94.1 Å². The third-order valence-corrected chi connectivity index (χ3v) is 14.5. The summed E-state index contributed by atoms with van der Waals surface area (Å²) in [7, 11) is 0. The molecule has 0 aromatic carbocycles. The maximum absolute atomic E-state index is 5.61. The highest BCUT2D eigenvalue weighted by atomic mass is 32.3. The van der Waals surface area contributed by atoms with Gasteiger partial charge >= 0.3 is 0 Å². The Morgan fingerprint density at radius 2 is 0.708 bits per heavy atom. The van der Waals surface area contributed by atoms with Crippen LogP contribution in [-0.2, 0) is 9.47 Å². The maximum Gasteiger partial charge on any atom is 0.0717 e. The standard InChI is InChI=1S/C14H16O2S8/c1-5-17-9-10(18-6-2-15-1)22-13(21-9)14-23-11-12(24-14)20-8-4-16-3-7-19-11/h1-8H2. The van der Waals surface area contributed by atoms with E-state index in [9.17, 15) is 0 Å². The molecule has 10 heteroatoms. The van der Waals surface area contributed by atoms with Crippen molar-refractivity contribution in [2.45, 2.75) is 0 Å². The number of thioether (sulfide) groups is 8. The molecule has 0 saturated heterocycles. The second-order valence-electron chi connectivity index (χ2n) is 4.75. The van der Waals surface area contributed by atoms with Gasteiger partial charge in [-0.1, -0.05) is 47.0 Å². The number of ether oxygens (including phenoxy) is 2. The van der Waals surface area contributed by atoms with Gasteiger partial charge in [0.2, 0.25) is 0 Å². The summed E-state index contributed by atoms with van der Waals surface area (Å²) in [6.07, 6.45) is 0. The summed E-state index contributed by atoms with van der Waals surface area (Å²) in [5.41, 5.74) is 0. The van der Waals surface area contributed by atoms with Crippen molar-refractivity contribution in [3.63, 3.8) is 0 Å². The molecule has 0 bridgehead atoms. The van der Waals surface area contributed by atoms with Crippen LogP contribution in [0.5, 0.6) is 0 Å². The third kappa shape index (κ3) is 5.05. The van der Waals surface area contributed by atoms with Crippen LogP contribution in [0, 0.1) is 0 Å². The van der Waals surface area contributed by atoms with Gasteiger partial charge in [0, 0.05) is 23.0 Å². The second kappa shape index (κ2) is 9.93. The lowest BCUT2D eigenvalue weighted by molar-refractivity contribution is 0.167. The fourth-order valence-electron chi connectivity index (χ4n) is 2.04. The van der Waals surface area contributed by atoms with Crippen LogP contribution in [0.25, 0.3) is 0 Å². The Morgan fingerprint density at radius 3 is 1.00 bits per heavy atom. The van der Waals surface area contributed by atoms with E-state index in [0.717, 1.165) is 49.4 Å². The summed E-state index contributed by atoms with van der Waals surface area (Å²) in [5, 5.41) is 0. The molecule has 132 valence electrons. The Labute approximate surface area is 177 Å². The lowest BCUT2D eigenvalue weighted by Crippen LogP contribution is -1.99. The number of hydrogen-bond acceptors (Lipinski definition) is 10. The molecule has 0 amide bonds. The van der Waals surface area contributed by atoms with Crippen LogP contribution in [0.3, 0.4) is 0 Å². The van der Waals surface area contributed by atoms with E-state index in [4.69, 9.17) is 9.47 Å². The van der Waals surface area contributed by atoms with Gasteiger partial charge in [-0.2, -0.15) is 0 Å². The first-order valence-electron chi connectivity index (χ1n) is 7.51. The third-order valence-electron chi connectivity index (χ3n) is 3.08. The van der Waals surface area contributed by atoms with Gasteiger partial charge < -0.3 is 9.47 Å². The van der Waals surface area contributed by atoms with E-state index in [1.807, 2.05) is 94.1 Å². The van der Waals surface area contributed by atoms with Gasteiger partial charge in [0.05, 0.1) is 51.9 Å². The van der Waals surface area contributed by atoms with E-state index in [1.54, 1.807) is 0 Å². The Morgan fingerprint density at radius 1 is 0.417 bits per heavy atom. The fraction of sp³-hybridized carbons (Fsp3) is 0.571. The van der Waals surface area contributed by atoms with E-state index < -0.39 is 0 Å². The summed E-state index contributed by atoms with van der Waals surface area (Å²) in [4.78, 5) is 0. The van der Waals surface area contributed by atoms with E-state index >= 15 is 0 Å². The summed E-state index contributed by atoms with van der Waals surface area (Å²) >= 11 is 15.8. The first-order valence-corrected chi connectivity index (χ1v) is 14.7. The predicted molar refractivity (Wildman–Crippen MR) is 123 cm³/mol. The summed E-state index contributed by atoms with van der Waals surface area (Å²) < 4.78 is 20.2. The van der Waals surface area contributed by atoms with Gasteiger partial charge in [0.1, 0.15) is 0 Å². The molecule has 2 nitrogen and oxygen atoms in total. The summed E-state index contributed by atoms with van der Waals surface area (Å²) in [6.45, 7) is 3.48. The molecule has 0 spiro atoms. The molecule has 4 aliphatic rings. The van der Waals surface area contributed by atoms with E-state index in [1.165, 1.54) is 25.4 Å². The SMILES string of the molecule is C1CSC2=C(SCCO1)SC(=C1SC3=C(SCCOCCS3)S1)S2. The smallest absolute Gasteiger partial charge is 0.0717 e. The van der Waals surface area contributed by atoms with Crippen LogP contribution in [0.15, 0.2) is 25.4 Å². The van der Waals surface area contributed by atoms with Crippen LogP contribution < -0.4 is 0 Å². The number of hydrogen-bond donors (Lipinski definition) is 0. The summed E-state index contributed by atoms with van der Waals surface area (Å²) in [5.74, 6) is 4.26. The Balaban J connectivity index is 1.45. The van der Waals surface area contributed by atoms with E-state index in [-0.39, 0.29) is 0 Å². The molecule has 0 unspecified atom stereocenters. The molecule has 0 aliphatic carbocycles. The largest absolute Gasteiger partial charge is 0.380 e. The van der Waals surface area contributed by atoms with Gasteiger partial charge in [0.15, 0.2) is 0 Å². The van der Waals surface area contributed by atoms with Crippen molar-refractivity contribution in [3.8, 4) is 0 Å². The minimum atomic E-state index is 0.869. The predicted octanol–water partition coefficient (Wildman–Crippen LogP) is 6.32. The monoisotopic (exact) mass is 472 g/mol. The van der Waals surface area contributed by atoms with Crippen LogP contribution in [0.1, 0.15) is 0 Å². The van der Waals surface area contributed by atoms with Gasteiger partial charge in [0.25, 0.3) is 0 Å². The minimum absolute atomic E-state index is 0.869. The highest BCUT2D eigenvalue weighted by Gasteiger charge is 2.31. The molecule has 0 N–H and O–H groups in total. The molecular formula is C14H16O2S8. The van der Waals surface area contributed by atoms with E-state index in [0.29, 0.717) is 0 Å². The lowest BCUT2D eigenvalue weighted by Gasteiger charge is -2.05. The summed E-state index contributed by atoms with van der Waals surface area (Å²) in [6, 6.07) is 0. The minimum Gasteiger partial charge on any atom is -0.380 e. The molecule has 24 heavy (non-hydrogen) atoms. The van der Waals surface area contributed by atoms with Crippen LogP contribution >= 0.6 is 94.1 Å². The average molecular weight is 473 g/mol. The second-order valence-corrected chi connectivity index (χ2v) is 14.8. The Hall–Kier alpha value is 1.94. The fourth-order valence-corrected chi connectivity index (χ4v) is 13.7. The average Bonchev–Trinajstić information content (AvgIpc) is 3.19. The molecular weight excluding hydrogens is 457 g/mol. The zero-order valence-electron chi connectivity index (χ0n) is 12.7. The Bertz CT molecular complexity index is 491. The van der Waals surface area contributed by atoms with Gasteiger partial charge in [-0.15, -0.1) is 47.0 Å². The molecule has 0 atom stereocenters. The lowest BCUT2D eigenvalue weighted by atomic mass is 10.8. The van der Waals surface area contributed by atoms with E-state index in [2.05, 4.69) is 0 Å². The van der Waals surface area contributed by atoms with Crippen molar-refractivity contribution in [3.05, 3.63) is 25.4 Å². The molecule has 0 radical (unpaired) electrons. The zero-order chi connectivity index (χ0) is 16.2. The normalized spacial score (nSPS) is 27.0. The molecule has 4 rings (SSSR count). The molecule has 0 saturated carbocycles. The molecule has 0 aromatic rings. The van der Waals surface area contributed by atoms with Crippen molar-refractivity contribution in [2.24, 2.45) is 0 Å². The quantitative estimate of drug-likeness (QED) is 0.397. The zero-order valence-corrected chi connectivity index (χ0v) is 19.3. The highest BCUT2D eigenvalue weighted by Crippen LogP contribution is 2.66. The van der Waals surface area contributed by atoms with Gasteiger partial charge in [-0.05, 0) is 0 Å². The molecule has 4 aliphatic heterocycles. The molecule has 4 heterocycles. The topological polar surface area (TPSA) is 18.5 Å². The van der Waals surface area contributed by atoms with Gasteiger partial charge in [-0.25, -0.2) is 0 Å². The Kier molecular flexibility index (Phi) is 7.97. The molecule has 0 fully saturated rings. The molecule has 0 aromatic heterocycles. The van der Waals surface area contributed by atoms with Crippen LogP contribution in [0.2, 0.25) is 0 Å². The van der Waals surface area contributed by atoms with Crippen molar-refractivity contribution in [1.29, 1.82) is 0 Å². The van der Waals surface area contributed by atoms with Gasteiger partial charge in [-0.3, -0.25) is 0 Å². The van der Waals surface area contributed by atoms with Crippen molar-refractivity contribution in [2.75, 3.05) is 49.4 Å². The van der Waals surface area contributed by atoms with Crippen LogP contribution in [-0.4, -0.2) is 49.4 Å². The van der Waals surface area contributed by atoms with Crippen LogP contribution in [0.4, 0.5) is 0 Å². The first-order chi connectivity index (χ1) is 11.9. The van der Waals surface area contributed by atoms with Crippen molar-refractivity contribution in [1.82, 2.24) is 0 Å². The first kappa shape index (κ1) is 19.3. The maximum atomic E-state index is 5.61.